The van der Waals surface area contributed by atoms with E-state index in [1.54, 1.807) is 12.1 Å². The van der Waals surface area contributed by atoms with Crippen molar-refractivity contribution in [2.24, 2.45) is 0 Å². The Bertz CT molecular complexity index is 487. The molecule has 0 saturated carbocycles. The Hall–Kier alpha value is -1.81. The number of nitrogens with zero attached hydrogens (tertiary/aromatic N) is 1. The van der Waals surface area contributed by atoms with Crippen molar-refractivity contribution < 1.29 is 4.92 Å². The van der Waals surface area contributed by atoms with Crippen molar-refractivity contribution in [1.82, 2.24) is 0 Å². The van der Waals surface area contributed by atoms with E-state index in [0.29, 0.717) is 5.56 Å². The predicted molar refractivity (Wildman–Crippen MR) is 68.5 cm³/mol. The highest BCUT2D eigenvalue weighted by atomic mass is 32.2. The topological polar surface area (TPSA) is 43.1 Å². The van der Waals surface area contributed by atoms with Crippen molar-refractivity contribution in [3.05, 3.63) is 76.3 Å². The third-order valence-corrected chi connectivity index (χ3v) is 3.48. The molecule has 0 bridgehead atoms. The largest absolute Gasteiger partial charge is 0.287 e. The number of rotatable bonds is 4. The van der Waals surface area contributed by atoms with Crippen molar-refractivity contribution in [2.75, 3.05) is 0 Å². The van der Waals surface area contributed by atoms with Crippen molar-refractivity contribution in [3.8, 4) is 0 Å². The van der Waals surface area contributed by atoms with Crippen LogP contribution in [0.2, 0.25) is 0 Å². The molecule has 2 aromatic carbocycles. The second-order valence-corrected chi connectivity index (χ2v) is 4.63. The van der Waals surface area contributed by atoms with Gasteiger partial charge in [-0.15, -0.1) is 0 Å². The molecule has 0 aliphatic rings. The van der Waals surface area contributed by atoms with Crippen LogP contribution in [0.15, 0.2) is 65.6 Å². The average molecular weight is 245 g/mol. The van der Waals surface area contributed by atoms with Crippen LogP contribution in [0.4, 0.5) is 0 Å². The van der Waals surface area contributed by atoms with Gasteiger partial charge in [-0.25, -0.2) is 0 Å². The average Bonchev–Trinajstić information content (AvgIpc) is 2.38. The Kier molecular flexibility index (Phi) is 3.77. The van der Waals surface area contributed by atoms with E-state index in [9.17, 15) is 10.1 Å². The van der Waals surface area contributed by atoms with E-state index >= 15 is 0 Å². The minimum absolute atomic E-state index is 0.257. The van der Waals surface area contributed by atoms with Crippen molar-refractivity contribution in [3.63, 3.8) is 0 Å². The van der Waals surface area contributed by atoms with Gasteiger partial charge in [-0.3, -0.25) is 10.1 Å². The van der Waals surface area contributed by atoms with Gasteiger partial charge < -0.3 is 0 Å². The summed E-state index contributed by atoms with van der Waals surface area (Å²) in [5, 5.41) is 10.3. The van der Waals surface area contributed by atoms with Gasteiger partial charge in [0.05, 0.1) is 0 Å². The first kappa shape index (κ1) is 11.7. The lowest BCUT2D eigenvalue weighted by molar-refractivity contribution is -0.500. The summed E-state index contributed by atoms with van der Waals surface area (Å²) in [6.45, 7) is 0. The standard InChI is InChI=1S/C13H11NO2S/c15-14(16)13(11-7-3-1-4-8-11)17-12-9-5-2-6-10-12/h1-10,13H. The van der Waals surface area contributed by atoms with Crippen LogP contribution in [-0.4, -0.2) is 4.92 Å². The summed E-state index contributed by atoms with van der Waals surface area (Å²) >= 11 is 1.25. The second kappa shape index (κ2) is 5.50. The summed E-state index contributed by atoms with van der Waals surface area (Å²) < 4.78 is 0. The monoisotopic (exact) mass is 245 g/mol. The molecule has 3 nitrogen and oxygen atoms in total. The summed E-state index contributed by atoms with van der Waals surface area (Å²) in [4.78, 5) is 11.7. The number of thioether (sulfide) groups is 1. The van der Waals surface area contributed by atoms with Crippen LogP contribution in [0, 0.1) is 10.1 Å². The molecule has 0 fully saturated rings. The molecule has 0 aromatic heterocycles. The summed E-state index contributed by atoms with van der Waals surface area (Å²) in [5.41, 5.74) is 0.714. The van der Waals surface area contributed by atoms with Crippen LogP contribution in [0.25, 0.3) is 0 Å². The van der Waals surface area contributed by atoms with Gasteiger partial charge in [0.15, 0.2) is 0 Å². The van der Waals surface area contributed by atoms with Crippen molar-refractivity contribution >= 4 is 11.8 Å². The van der Waals surface area contributed by atoms with Crippen LogP contribution in [0.1, 0.15) is 10.9 Å². The lowest BCUT2D eigenvalue weighted by Crippen LogP contribution is -2.06. The van der Waals surface area contributed by atoms with Gasteiger partial charge in [-0.2, -0.15) is 0 Å². The highest BCUT2D eigenvalue weighted by molar-refractivity contribution is 7.99. The summed E-state index contributed by atoms with van der Waals surface area (Å²) in [5.74, 6) is 0. The first-order valence-electron chi connectivity index (χ1n) is 5.17. The highest BCUT2D eigenvalue weighted by Crippen LogP contribution is 2.35. The lowest BCUT2D eigenvalue weighted by Gasteiger charge is -2.08. The van der Waals surface area contributed by atoms with E-state index < -0.39 is 5.37 Å². The zero-order valence-electron chi connectivity index (χ0n) is 9.02. The maximum absolute atomic E-state index is 11.1. The summed E-state index contributed by atoms with van der Waals surface area (Å²) in [6.07, 6.45) is 0. The molecular formula is C13H11NO2S. The molecule has 0 heterocycles. The number of benzene rings is 2. The van der Waals surface area contributed by atoms with Gasteiger partial charge in [0.1, 0.15) is 0 Å². The molecule has 17 heavy (non-hydrogen) atoms. The fraction of sp³-hybridized carbons (Fsp3) is 0.0769. The van der Waals surface area contributed by atoms with Gasteiger partial charge in [-0.05, 0) is 23.9 Å². The molecule has 0 aliphatic carbocycles. The molecule has 0 aliphatic heterocycles. The van der Waals surface area contributed by atoms with Gasteiger partial charge in [0.25, 0.3) is 5.37 Å². The predicted octanol–water partition coefficient (Wildman–Crippen LogP) is 3.75. The fourth-order valence-electron chi connectivity index (χ4n) is 1.48. The molecule has 0 radical (unpaired) electrons. The van der Waals surface area contributed by atoms with Crippen molar-refractivity contribution in [1.29, 1.82) is 0 Å². The molecule has 4 heteroatoms. The lowest BCUT2D eigenvalue weighted by atomic mass is 10.2. The Morgan fingerprint density at radius 1 is 0.941 bits per heavy atom. The molecule has 0 amide bonds. The molecular weight excluding hydrogens is 234 g/mol. The SMILES string of the molecule is O=[N+]([O-])C(Sc1ccccc1)c1ccccc1. The van der Waals surface area contributed by atoms with E-state index in [1.807, 2.05) is 48.5 Å². The van der Waals surface area contributed by atoms with Crippen molar-refractivity contribution in [2.45, 2.75) is 10.3 Å². The fourth-order valence-corrected chi connectivity index (χ4v) is 2.43. The van der Waals surface area contributed by atoms with Crippen LogP contribution in [0.3, 0.4) is 0 Å². The molecule has 1 atom stereocenters. The molecule has 0 spiro atoms. The first-order valence-corrected chi connectivity index (χ1v) is 6.05. The molecule has 0 saturated heterocycles. The third kappa shape index (κ3) is 3.07. The number of hydrogen-bond acceptors (Lipinski definition) is 3. The van der Waals surface area contributed by atoms with Crippen LogP contribution >= 0.6 is 11.8 Å². The Morgan fingerprint density at radius 2 is 1.47 bits per heavy atom. The van der Waals surface area contributed by atoms with E-state index in [0.717, 1.165) is 4.90 Å². The van der Waals surface area contributed by atoms with Gasteiger partial charge in [0.2, 0.25) is 0 Å². The minimum Gasteiger partial charge on any atom is -0.263 e. The number of nitro groups is 1. The Balaban J connectivity index is 2.23. The van der Waals surface area contributed by atoms with Gasteiger partial charge in [-0.1, -0.05) is 48.5 Å². The van der Waals surface area contributed by atoms with E-state index in [2.05, 4.69) is 0 Å². The minimum atomic E-state index is -0.751. The Morgan fingerprint density at radius 3 is 2.00 bits per heavy atom. The van der Waals surface area contributed by atoms with Gasteiger partial charge >= 0.3 is 0 Å². The summed E-state index contributed by atoms with van der Waals surface area (Å²) in [6, 6.07) is 18.5. The second-order valence-electron chi connectivity index (χ2n) is 3.48. The quantitative estimate of drug-likeness (QED) is 0.356. The zero-order valence-corrected chi connectivity index (χ0v) is 9.84. The van der Waals surface area contributed by atoms with E-state index in [-0.39, 0.29) is 4.92 Å². The first-order chi connectivity index (χ1) is 8.27. The van der Waals surface area contributed by atoms with E-state index in [4.69, 9.17) is 0 Å². The molecule has 2 rings (SSSR count). The van der Waals surface area contributed by atoms with Crippen LogP contribution < -0.4 is 0 Å². The molecule has 2 aromatic rings. The smallest absolute Gasteiger partial charge is 0.263 e. The Labute approximate surface area is 104 Å². The molecule has 0 N–H and O–H groups in total. The molecule has 86 valence electrons. The summed E-state index contributed by atoms with van der Waals surface area (Å²) in [7, 11) is 0. The zero-order chi connectivity index (χ0) is 12.1. The number of hydrogen-bond donors (Lipinski definition) is 0. The maximum Gasteiger partial charge on any atom is 0.287 e. The molecule has 1 unspecified atom stereocenters. The third-order valence-electron chi connectivity index (χ3n) is 2.27. The normalized spacial score (nSPS) is 12.0. The van der Waals surface area contributed by atoms with Gasteiger partial charge in [0, 0.05) is 15.4 Å². The van der Waals surface area contributed by atoms with Crippen LogP contribution in [-0.2, 0) is 0 Å². The highest BCUT2D eigenvalue weighted by Gasteiger charge is 2.23. The van der Waals surface area contributed by atoms with Crippen LogP contribution in [0.5, 0.6) is 0 Å². The maximum atomic E-state index is 11.1. The van der Waals surface area contributed by atoms with E-state index in [1.165, 1.54) is 11.8 Å².